The third-order valence-corrected chi connectivity index (χ3v) is 3.26. The molecule has 0 aromatic carbocycles. The van der Waals surface area contributed by atoms with Crippen LogP contribution in [0.25, 0.3) is 0 Å². The van der Waals surface area contributed by atoms with Crippen LogP contribution >= 0.6 is 0 Å². The number of piperazine rings is 1. The highest BCUT2D eigenvalue weighted by molar-refractivity contribution is 5.78. The van der Waals surface area contributed by atoms with E-state index < -0.39 is 0 Å². The highest BCUT2D eigenvalue weighted by atomic mass is 16.2. The van der Waals surface area contributed by atoms with Crippen LogP contribution in [0.2, 0.25) is 0 Å². The minimum Gasteiger partial charge on any atom is -0.339 e. The molecule has 0 spiro atoms. The van der Waals surface area contributed by atoms with E-state index in [0.29, 0.717) is 39.1 Å². The summed E-state index contributed by atoms with van der Waals surface area (Å²) < 4.78 is 0. The molecule has 1 fully saturated rings. The van der Waals surface area contributed by atoms with Gasteiger partial charge in [0.2, 0.25) is 11.8 Å². The SMILES string of the molecule is CC(=O)N1CCN(C(=O)CC(C)(C)CN)CC1. The molecular formula is C12H23N3O2. The molecule has 1 aliphatic rings. The second-order valence-corrected chi connectivity index (χ2v) is 5.43. The van der Waals surface area contributed by atoms with E-state index in [1.165, 1.54) is 0 Å². The Kier molecular flexibility index (Phi) is 4.51. The van der Waals surface area contributed by atoms with E-state index in [0.717, 1.165) is 0 Å². The van der Waals surface area contributed by atoms with Gasteiger partial charge in [0.05, 0.1) is 0 Å². The van der Waals surface area contributed by atoms with Crippen LogP contribution < -0.4 is 5.73 Å². The maximum absolute atomic E-state index is 12.0. The van der Waals surface area contributed by atoms with Crippen LogP contribution in [0.3, 0.4) is 0 Å². The third-order valence-electron chi connectivity index (χ3n) is 3.26. The van der Waals surface area contributed by atoms with Crippen LogP contribution in [0.15, 0.2) is 0 Å². The number of hydrogen-bond acceptors (Lipinski definition) is 3. The molecule has 0 saturated carbocycles. The minimum atomic E-state index is -0.144. The van der Waals surface area contributed by atoms with Gasteiger partial charge in [-0.2, -0.15) is 0 Å². The maximum Gasteiger partial charge on any atom is 0.223 e. The van der Waals surface area contributed by atoms with Crippen molar-refractivity contribution in [3.05, 3.63) is 0 Å². The topological polar surface area (TPSA) is 66.6 Å². The van der Waals surface area contributed by atoms with Crippen molar-refractivity contribution in [2.24, 2.45) is 11.1 Å². The molecule has 0 bridgehead atoms. The Morgan fingerprint density at radius 2 is 1.59 bits per heavy atom. The molecule has 0 unspecified atom stereocenters. The van der Waals surface area contributed by atoms with Crippen LogP contribution in [0.4, 0.5) is 0 Å². The number of hydrogen-bond donors (Lipinski definition) is 1. The molecular weight excluding hydrogens is 218 g/mol. The zero-order valence-corrected chi connectivity index (χ0v) is 11.0. The van der Waals surface area contributed by atoms with Gasteiger partial charge in [-0.15, -0.1) is 0 Å². The van der Waals surface area contributed by atoms with Gasteiger partial charge in [-0.05, 0) is 12.0 Å². The second kappa shape index (κ2) is 5.49. The van der Waals surface area contributed by atoms with E-state index in [4.69, 9.17) is 5.73 Å². The van der Waals surface area contributed by atoms with Gasteiger partial charge >= 0.3 is 0 Å². The first-order valence-electron chi connectivity index (χ1n) is 6.09. The van der Waals surface area contributed by atoms with Gasteiger partial charge in [-0.3, -0.25) is 9.59 Å². The van der Waals surface area contributed by atoms with Crippen LogP contribution in [-0.2, 0) is 9.59 Å². The highest BCUT2D eigenvalue weighted by Gasteiger charge is 2.27. The quantitative estimate of drug-likeness (QED) is 0.759. The molecule has 17 heavy (non-hydrogen) atoms. The molecule has 5 heteroatoms. The van der Waals surface area contributed by atoms with Crippen LogP contribution in [-0.4, -0.2) is 54.3 Å². The van der Waals surface area contributed by atoms with Gasteiger partial charge in [0.1, 0.15) is 0 Å². The zero-order valence-electron chi connectivity index (χ0n) is 11.0. The van der Waals surface area contributed by atoms with Crippen molar-refractivity contribution in [2.45, 2.75) is 27.2 Å². The lowest BCUT2D eigenvalue weighted by molar-refractivity contribution is -0.139. The Hall–Kier alpha value is -1.10. The molecule has 0 radical (unpaired) electrons. The van der Waals surface area contributed by atoms with Crippen molar-refractivity contribution >= 4 is 11.8 Å². The minimum absolute atomic E-state index is 0.0828. The lowest BCUT2D eigenvalue weighted by Gasteiger charge is -2.35. The predicted octanol–water partition coefficient (Wildman–Crippen LogP) is 0.0521. The monoisotopic (exact) mass is 241 g/mol. The first-order valence-corrected chi connectivity index (χ1v) is 6.09. The van der Waals surface area contributed by atoms with E-state index in [1.54, 1.807) is 11.8 Å². The van der Waals surface area contributed by atoms with Crippen LogP contribution in [0, 0.1) is 5.41 Å². The summed E-state index contributed by atoms with van der Waals surface area (Å²) in [6.45, 7) is 8.63. The fourth-order valence-corrected chi connectivity index (χ4v) is 1.86. The molecule has 5 nitrogen and oxygen atoms in total. The van der Waals surface area contributed by atoms with E-state index >= 15 is 0 Å². The van der Waals surface area contributed by atoms with Crippen molar-refractivity contribution in [3.63, 3.8) is 0 Å². The molecule has 1 rings (SSSR count). The first-order chi connectivity index (χ1) is 7.85. The molecule has 0 aromatic rings. The predicted molar refractivity (Wildman–Crippen MR) is 66.3 cm³/mol. The number of carbonyl (C=O) groups excluding carboxylic acids is 2. The second-order valence-electron chi connectivity index (χ2n) is 5.43. The van der Waals surface area contributed by atoms with E-state index in [9.17, 15) is 9.59 Å². The third kappa shape index (κ3) is 4.00. The largest absolute Gasteiger partial charge is 0.339 e. The number of carbonyl (C=O) groups is 2. The maximum atomic E-state index is 12.0. The van der Waals surface area contributed by atoms with Crippen molar-refractivity contribution in [1.29, 1.82) is 0 Å². The molecule has 1 aliphatic heterocycles. The fraction of sp³-hybridized carbons (Fsp3) is 0.833. The van der Waals surface area contributed by atoms with Gasteiger partial charge in [0.25, 0.3) is 0 Å². The normalized spacial score (nSPS) is 17.2. The van der Waals surface area contributed by atoms with Crippen LogP contribution in [0.1, 0.15) is 27.2 Å². The Balaban J connectivity index is 2.44. The Morgan fingerprint density at radius 1 is 1.12 bits per heavy atom. The average molecular weight is 241 g/mol. The van der Waals surface area contributed by atoms with Gasteiger partial charge in [0.15, 0.2) is 0 Å². The summed E-state index contributed by atoms with van der Waals surface area (Å²) >= 11 is 0. The van der Waals surface area contributed by atoms with E-state index in [-0.39, 0.29) is 17.2 Å². The molecule has 0 aromatic heterocycles. The molecule has 2 amide bonds. The van der Waals surface area contributed by atoms with Gasteiger partial charge in [-0.25, -0.2) is 0 Å². The molecule has 98 valence electrons. The summed E-state index contributed by atoms with van der Waals surface area (Å²) in [5.41, 5.74) is 5.48. The average Bonchev–Trinajstić information content (AvgIpc) is 2.28. The fourth-order valence-electron chi connectivity index (χ4n) is 1.86. The van der Waals surface area contributed by atoms with Gasteiger partial charge < -0.3 is 15.5 Å². The lowest BCUT2D eigenvalue weighted by Crippen LogP contribution is -2.50. The van der Waals surface area contributed by atoms with Crippen molar-refractivity contribution in [2.75, 3.05) is 32.7 Å². The van der Waals surface area contributed by atoms with Gasteiger partial charge in [-0.1, -0.05) is 13.8 Å². The smallest absolute Gasteiger partial charge is 0.223 e. The lowest BCUT2D eigenvalue weighted by atomic mass is 9.89. The Morgan fingerprint density at radius 3 is 2.00 bits per heavy atom. The molecule has 2 N–H and O–H groups in total. The van der Waals surface area contributed by atoms with Crippen molar-refractivity contribution < 1.29 is 9.59 Å². The Bertz CT molecular complexity index is 294. The first kappa shape index (κ1) is 14.0. The number of rotatable bonds is 3. The summed E-state index contributed by atoms with van der Waals surface area (Å²) in [7, 11) is 0. The summed E-state index contributed by atoms with van der Waals surface area (Å²) in [4.78, 5) is 26.8. The standard InChI is InChI=1S/C12H23N3O2/c1-10(16)14-4-6-15(7-5-14)11(17)8-12(2,3)9-13/h4-9,13H2,1-3H3. The summed E-state index contributed by atoms with van der Waals surface area (Å²) in [5.74, 6) is 0.225. The molecule has 0 atom stereocenters. The van der Waals surface area contributed by atoms with E-state index in [1.807, 2.05) is 18.7 Å². The zero-order chi connectivity index (χ0) is 13.1. The molecule has 1 saturated heterocycles. The summed E-state index contributed by atoms with van der Waals surface area (Å²) in [5, 5.41) is 0. The number of amides is 2. The van der Waals surface area contributed by atoms with Gasteiger partial charge in [0, 0.05) is 39.5 Å². The number of nitrogens with zero attached hydrogens (tertiary/aromatic N) is 2. The molecule has 0 aliphatic carbocycles. The highest BCUT2D eigenvalue weighted by Crippen LogP contribution is 2.20. The Labute approximate surface area is 103 Å². The van der Waals surface area contributed by atoms with E-state index in [2.05, 4.69) is 0 Å². The summed E-state index contributed by atoms with van der Waals surface area (Å²) in [6, 6.07) is 0. The molecule has 1 heterocycles. The summed E-state index contributed by atoms with van der Waals surface area (Å²) in [6.07, 6.45) is 0.476. The number of nitrogens with two attached hydrogens (primary N) is 1. The van der Waals surface area contributed by atoms with Crippen molar-refractivity contribution in [1.82, 2.24) is 9.80 Å². The van der Waals surface area contributed by atoms with Crippen molar-refractivity contribution in [3.8, 4) is 0 Å². The van der Waals surface area contributed by atoms with Crippen LogP contribution in [0.5, 0.6) is 0 Å².